The number of rotatable bonds is 27. The molecule has 3 aliphatic heterocycles. The number of fused-ring (bicyclic) bond motifs is 1. The quantitative estimate of drug-likeness (QED) is 0.0199. The largest absolute Gasteiger partial charge is 0.477 e. The number of nitrogens with zero attached hydrogens (tertiary/aromatic N) is 3. The van der Waals surface area contributed by atoms with E-state index in [4.69, 9.17) is 69.0 Å². The van der Waals surface area contributed by atoms with Crippen molar-refractivity contribution >= 4 is 51.8 Å². The molecule has 18 atom stereocenters. The van der Waals surface area contributed by atoms with Gasteiger partial charge in [0.2, 0.25) is 11.2 Å². The molecule has 1 aromatic heterocycles. The van der Waals surface area contributed by atoms with Gasteiger partial charge in [-0.1, -0.05) is 50.9 Å². The third kappa shape index (κ3) is 19.2. The van der Waals surface area contributed by atoms with E-state index in [0.29, 0.717) is 80.7 Å². The fourth-order valence-electron chi connectivity index (χ4n) is 14.2. The van der Waals surface area contributed by atoms with Crippen molar-refractivity contribution in [2.45, 2.75) is 262 Å². The van der Waals surface area contributed by atoms with Crippen LogP contribution in [0, 0.1) is 23.7 Å². The van der Waals surface area contributed by atoms with Crippen LogP contribution >= 0.6 is 11.6 Å². The second-order valence-electron chi connectivity index (χ2n) is 28.1. The number of benzene rings is 1. The standard InChI is InChI=1S/C68H110ClN5O20/c1-16-52-67(12,83)59(78)41(6)55(72-94-68(93-38(2)3)23-18-17-19-24-68)39(4)35-65(10,82)60(92-64-57(77)51(73(13)14)32-40(5)87-64)42(7)58(43(8)63(81)89-52)91-54-36-66(11,84-15)61(44(9)88-54)90-53(75)22-25-70-26-28-85-30-31-86-29-27-71-49-33-46-50(34-48(49)69)74(45-20-21-45)37-47(56(46)76)62(79)80/h33-34,37-45,51-52,54,57-61,64,70-71,77-78,82-83H,16-32,35-36H2,1-15H3,(H,79,80)/b72-55+/t39-,40-,41+,42+,43-,44+,51+,52-,54?,57-,58+,59-,60-,61+,64?,65-,66-,67-/m1/s1. The predicted molar refractivity (Wildman–Crippen MR) is 352 cm³/mol. The van der Waals surface area contributed by atoms with E-state index in [1.54, 1.807) is 60.6 Å². The van der Waals surface area contributed by atoms with E-state index in [0.717, 1.165) is 32.1 Å². The van der Waals surface area contributed by atoms with Crippen LogP contribution in [0.25, 0.3) is 10.9 Å². The Kier molecular flexibility index (Phi) is 27.6. The van der Waals surface area contributed by atoms with Gasteiger partial charge in [0.05, 0.1) is 103 Å². The minimum Gasteiger partial charge on any atom is -0.477 e. The number of carbonyl (C=O) groups is 3. The number of nitrogens with one attached hydrogen (secondary N) is 2. The van der Waals surface area contributed by atoms with Gasteiger partial charge in [-0.05, 0) is 127 Å². The molecule has 0 bridgehead atoms. The Bertz CT molecular complexity index is 2900. The van der Waals surface area contributed by atoms with Crippen molar-refractivity contribution in [1.29, 1.82) is 0 Å². The molecule has 3 saturated heterocycles. The number of oxime groups is 1. The number of carboxylic acid groups (broad SMARTS) is 1. The third-order valence-corrected chi connectivity index (χ3v) is 19.9. The van der Waals surface area contributed by atoms with Gasteiger partial charge in [-0.15, -0.1) is 0 Å². The zero-order valence-corrected chi connectivity index (χ0v) is 58.8. The lowest BCUT2D eigenvalue weighted by atomic mass is 9.73. The maximum Gasteiger partial charge on any atom is 0.341 e. The van der Waals surface area contributed by atoms with E-state index < -0.39 is 125 Å². The number of methoxy groups -OCH3 is 1. The number of anilines is 1. The van der Waals surface area contributed by atoms with Crippen LogP contribution < -0.4 is 16.1 Å². The summed E-state index contributed by atoms with van der Waals surface area (Å²) in [7, 11) is 5.23. The van der Waals surface area contributed by atoms with Crippen molar-refractivity contribution in [3.05, 3.63) is 39.1 Å². The van der Waals surface area contributed by atoms with Crippen molar-refractivity contribution < 1.29 is 92.1 Å². The van der Waals surface area contributed by atoms with Gasteiger partial charge in [0.15, 0.2) is 18.7 Å². The monoisotopic (exact) mass is 1350 g/mol. The molecule has 0 radical (unpaired) electrons. The molecule has 7 N–H and O–H groups in total. The summed E-state index contributed by atoms with van der Waals surface area (Å²) in [6.45, 7) is 23.4. The highest BCUT2D eigenvalue weighted by Crippen LogP contribution is 2.44. The summed E-state index contributed by atoms with van der Waals surface area (Å²) in [4.78, 5) is 61.7. The van der Waals surface area contributed by atoms with Crippen LogP contribution in [0.1, 0.15) is 177 Å². The number of carbonyl (C=O) groups excluding carboxylic acids is 2. The van der Waals surface area contributed by atoms with Gasteiger partial charge in [0, 0.05) is 87.4 Å². The first-order valence-corrected chi connectivity index (χ1v) is 34.4. The van der Waals surface area contributed by atoms with E-state index in [1.807, 2.05) is 51.3 Å². The molecule has 94 heavy (non-hydrogen) atoms. The molecule has 5 aliphatic rings. The van der Waals surface area contributed by atoms with Crippen LogP contribution in [0.3, 0.4) is 0 Å². The number of likely N-dealkylation sites (N-methyl/N-ethyl adjacent to an activating group) is 1. The summed E-state index contributed by atoms with van der Waals surface area (Å²) in [5.41, 5.74) is -4.50. The van der Waals surface area contributed by atoms with Gasteiger partial charge in [0.1, 0.15) is 29.0 Å². The van der Waals surface area contributed by atoms with Gasteiger partial charge in [-0.25, -0.2) is 4.79 Å². The average Bonchev–Trinajstić information content (AvgIpc) is 1.34. The second kappa shape index (κ2) is 33.6. The lowest BCUT2D eigenvalue weighted by molar-refractivity contribution is -0.318. The second-order valence-corrected chi connectivity index (χ2v) is 28.5. The molecular weight excluding hydrogens is 1240 g/mol. The Morgan fingerprint density at radius 3 is 2.17 bits per heavy atom. The molecular formula is C68H110ClN5O20. The topological polar surface area (TPSA) is 316 Å². The molecule has 26 heteroatoms. The SMILES string of the molecule is CC[C@H]1OC(=O)[C@H](C)[C@@H](OC2C[C@@](C)(OC)[C@@H](OC(=O)CCNCCOCCOCCNc3cc4c(=O)c(C(=O)O)cn(C5CC5)c4cc3Cl)[C@H](C)O2)[C@H](C)[C@@H](OC2O[C@H](C)C[C@H](N(C)C)[C@H]2O)[C@](C)(O)C[C@@H](C)/C(=N\OC2(OC(C)C)CCCCC2)[C@H](C)[C@@H](O)[C@]1(C)O. The number of cyclic esters (lactones) is 1. The molecule has 7 rings (SSSR count). The molecule has 534 valence electrons. The maximum absolute atomic E-state index is 14.9. The molecule has 2 aliphatic carbocycles. The van der Waals surface area contributed by atoms with E-state index >= 15 is 0 Å². The van der Waals surface area contributed by atoms with Crippen molar-refractivity contribution in [1.82, 2.24) is 14.8 Å². The Morgan fingerprint density at radius 1 is 0.883 bits per heavy atom. The van der Waals surface area contributed by atoms with Crippen molar-refractivity contribution in [2.24, 2.45) is 28.8 Å². The van der Waals surface area contributed by atoms with Crippen molar-refractivity contribution in [2.75, 3.05) is 72.6 Å². The van der Waals surface area contributed by atoms with Gasteiger partial charge in [0.25, 0.3) is 0 Å². The number of hydrogen-bond donors (Lipinski definition) is 7. The fraction of sp³-hybridized carbons (Fsp3) is 0.809. The first-order chi connectivity index (χ1) is 44.3. The predicted octanol–water partition coefficient (Wildman–Crippen LogP) is 7.35. The van der Waals surface area contributed by atoms with E-state index in [2.05, 4.69) is 10.6 Å². The molecule has 25 nitrogen and oxygen atoms in total. The van der Waals surface area contributed by atoms with Crippen molar-refractivity contribution in [3.63, 3.8) is 0 Å². The van der Waals surface area contributed by atoms with Crippen LogP contribution in [0.5, 0.6) is 0 Å². The zero-order valence-electron chi connectivity index (χ0n) is 58.1. The van der Waals surface area contributed by atoms with Crippen LogP contribution in [-0.4, -0.2) is 222 Å². The molecule has 2 unspecified atom stereocenters. The fourth-order valence-corrected chi connectivity index (χ4v) is 14.5. The Balaban J connectivity index is 0.997. The zero-order chi connectivity index (χ0) is 69.2. The molecule has 1 aromatic carbocycles. The maximum atomic E-state index is 14.9. The Morgan fingerprint density at radius 2 is 1.55 bits per heavy atom. The number of aromatic nitrogens is 1. The number of aliphatic hydroxyl groups is 4. The van der Waals surface area contributed by atoms with Gasteiger partial charge in [-0.2, -0.15) is 0 Å². The van der Waals surface area contributed by atoms with E-state index in [9.17, 15) is 44.7 Å². The van der Waals surface area contributed by atoms with Crippen LogP contribution in [0.2, 0.25) is 5.02 Å². The molecule has 2 saturated carbocycles. The van der Waals surface area contributed by atoms with Gasteiger partial charge < -0.3 is 97.8 Å². The van der Waals surface area contributed by atoms with E-state index in [1.165, 1.54) is 20.2 Å². The molecule has 2 aromatic rings. The first kappa shape index (κ1) is 77.2. The number of hydrogen-bond acceptors (Lipinski definition) is 23. The van der Waals surface area contributed by atoms with Crippen LogP contribution in [0.15, 0.2) is 28.3 Å². The smallest absolute Gasteiger partial charge is 0.341 e. The summed E-state index contributed by atoms with van der Waals surface area (Å²) < 4.78 is 65.1. The summed E-state index contributed by atoms with van der Waals surface area (Å²) >= 11 is 6.59. The number of aliphatic hydroxyl groups excluding tert-OH is 2. The highest BCUT2D eigenvalue weighted by atomic mass is 35.5. The minimum atomic E-state index is -2.03. The number of aromatic carboxylic acids is 1. The number of pyridine rings is 1. The molecule has 0 amide bonds. The normalized spacial score (nSPS) is 35.1. The lowest BCUT2D eigenvalue weighted by Crippen LogP contribution is -2.61. The summed E-state index contributed by atoms with van der Waals surface area (Å²) in [5, 5.41) is 71.5. The molecule has 0 spiro atoms. The van der Waals surface area contributed by atoms with Gasteiger partial charge >= 0.3 is 17.9 Å². The number of esters is 2. The Hall–Kier alpha value is -4.16. The summed E-state index contributed by atoms with van der Waals surface area (Å²) in [6.07, 6.45) is -3.39. The van der Waals surface area contributed by atoms with Crippen LogP contribution in [0.4, 0.5) is 5.69 Å². The molecule has 5 fully saturated rings. The summed E-state index contributed by atoms with van der Waals surface area (Å²) in [5.74, 6) is -7.27. The number of carboxylic acids is 1. The molecule has 4 heterocycles. The van der Waals surface area contributed by atoms with Gasteiger partial charge in [-0.3, -0.25) is 14.4 Å². The van der Waals surface area contributed by atoms with E-state index in [-0.39, 0.29) is 67.5 Å². The van der Waals surface area contributed by atoms with Crippen molar-refractivity contribution in [3.8, 4) is 0 Å². The van der Waals surface area contributed by atoms with Crippen LogP contribution in [-0.2, 0) is 61.8 Å². The highest BCUT2D eigenvalue weighted by molar-refractivity contribution is 6.34. The minimum absolute atomic E-state index is 0.00946. The lowest BCUT2D eigenvalue weighted by Gasteiger charge is -2.49. The third-order valence-electron chi connectivity index (χ3n) is 19.6. The summed E-state index contributed by atoms with van der Waals surface area (Å²) in [6, 6.07) is 3.03. The first-order valence-electron chi connectivity index (χ1n) is 34.0. The number of halogens is 1. The number of ether oxygens (including phenoxy) is 10. The highest BCUT2D eigenvalue weighted by Gasteiger charge is 2.55. The Labute approximate surface area is 559 Å². The average molecular weight is 1350 g/mol.